The highest BCUT2D eigenvalue weighted by Gasteiger charge is 2.26. The molecule has 0 aromatic carbocycles. The second-order valence-corrected chi connectivity index (χ2v) is 3.79. The summed E-state index contributed by atoms with van der Waals surface area (Å²) in [7, 11) is 0. The number of nitrogens with two attached hydrogens (primary N) is 1. The molecular weight excluding hydrogens is 162 g/mol. The Hall–Kier alpha value is -0.960. The van der Waals surface area contributed by atoms with E-state index < -0.39 is 0 Å². The van der Waals surface area contributed by atoms with Gasteiger partial charge in [0.2, 0.25) is 0 Å². The number of aryl methyl sites for hydroxylation is 1. The van der Waals surface area contributed by atoms with Crippen LogP contribution in [0.15, 0.2) is 12.4 Å². The molecule has 1 aliphatic carbocycles. The third-order valence-electron chi connectivity index (χ3n) is 2.77. The highest BCUT2D eigenvalue weighted by atomic mass is 14.8. The summed E-state index contributed by atoms with van der Waals surface area (Å²) in [5, 5.41) is 0. The van der Waals surface area contributed by atoms with Gasteiger partial charge in [0.15, 0.2) is 0 Å². The molecule has 0 spiro atoms. The molecule has 0 saturated heterocycles. The van der Waals surface area contributed by atoms with Gasteiger partial charge in [0.25, 0.3) is 0 Å². The summed E-state index contributed by atoms with van der Waals surface area (Å²) in [4.78, 5) is 8.37. The van der Waals surface area contributed by atoms with Crippen LogP contribution in [0.5, 0.6) is 0 Å². The monoisotopic (exact) mass is 177 g/mol. The van der Waals surface area contributed by atoms with Crippen molar-refractivity contribution in [1.82, 2.24) is 9.97 Å². The molecule has 13 heavy (non-hydrogen) atoms. The summed E-state index contributed by atoms with van der Waals surface area (Å²) in [6.45, 7) is 1.99. The van der Waals surface area contributed by atoms with Crippen molar-refractivity contribution in [3.63, 3.8) is 0 Å². The second kappa shape index (κ2) is 3.42. The standard InChI is InChI=1S/C10H15N3/c1-7-5-10(13-6-12-7)8-3-2-4-9(8)11/h5-6,8-9H,2-4,11H2,1H3. The van der Waals surface area contributed by atoms with Crippen molar-refractivity contribution in [2.24, 2.45) is 5.73 Å². The van der Waals surface area contributed by atoms with Gasteiger partial charge >= 0.3 is 0 Å². The van der Waals surface area contributed by atoms with E-state index in [1.165, 1.54) is 12.8 Å². The van der Waals surface area contributed by atoms with Crippen LogP contribution >= 0.6 is 0 Å². The van der Waals surface area contributed by atoms with E-state index in [1.54, 1.807) is 6.33 Å². The van der Waals surface area contributed by atoms with Crippen molar-refractivity contribution in [3.05, 3.63) is 23.8 Å². The molecule has 2 unspecified atom stereocenters. The lowest BCUT2D eigenvalue weighted by Gasteiger charge is -2.14. The molecule has 0 aliphatic heterocycles. The third-order valence-corrected chi connectivity index (χ3v) is 2.77. The highest BCUT2D eigenvalue weighted by Crippen LogP contribution is 2.31. The molecule has 2 atom stereocenters. The summed E-state index contributed by atoms with van der Waals surface area (Å²) in [6.07, 6.45) is 5.18. The summed E-state index contributed by atoms with van der Waals surface area (Å²) in [6, 6.07) is 2.35. The van der Waals surface area contributed by atoms with Gasteiger partial charge in [-0.2, -0.15) is 0 Å². The Bertz CT molecular complexity index is 298. The highest BCUT2D eigenvalue weighted by molar-refractivity contribution is 5.15. The molecule has 0 radical (unpaired) electrons. The quantitative estimate of drug-likeness (QED) is 0.705. The Morgan fingerprint density at radius 1 is 1.38 bits per heavy atom. The summed E-state index contributed by atoms with van der Waals surface area (Å²) < 4.78 is 0. The Kier molecular flexibility index (Phi) is 2.27. The number of rotatable bonds is 1. The van der Waals surface area contributed by atoms with E-state index >= 15 is 0 Å². The molecule has 1 aromatic rings. The van der Waals surface area contributed by atoms with Crippen molar-refractivity contribution >= 4 is 0 Å². The minimum absolute atomic E-state index is 0.300. The number of aromatic nitrogens is 2. The molecule has 1 saturated carbocycles. The number of nitrogens with zero attached hydrogens (tertiary/aromatic N) is 2. The van der Waals surface area contributed by atoms with Crippen LogP contribution in [-0.2, 0) is 0 Å². The first kappa shape index (κ1) is 8.63. The van der Waals surface area contributed by atoms with Crippen LogP contribution in [0.4, 0.5) is 0 Å². The summed E-state index contributed by atoms with van der Waals surface area (Å²) in [5.74, 6) is 0.460. The van der Waals surface area contributed by atoms with Crippen molar-refractivity contribution < 1.29 is 0 Å². The maximum atomic E-state index is 6.00. The van der Waals surface area contributed by atoms with Gasteiger partial charge in [-0.3, -0.25) is 0 Å². The third kappa shape index (κ3) is 1.70. The minimum atomic E-state index is 0.300. The molecule has 0 amide bonds. The van der Waals surface area contributed by atoms with E-state index in [-0.39, 0.29) is 0 Å². The number of hydrogen-bond acceptors (Lipinski definition) is 3. The van der Waals surface area contributed by atoms with E-state index in [0.29, 0.717) is 12.0 Å². The molecule has 2 N–H and O–H groups in total. The topological polar surface area (TPSA) is 51.8 Å². The van der Waals surface area contributed by atoms with Gasteiger partial charge < -0.3 is 5.73 Å². The van der Waals surface area contributed by atoms with E-state index in [4.69, 9.17) is 5.73 Å². The van der Waals surface area contributed by atoms with Crippen molar-refractivity contribution in [1.29, 1.82) is 0 Å². The molecule has 1 fully saturated rings. The van der Waals surface area contributed by atoms with Crippen LogP contribution in [0.2, 0.25) is 0 Å². The van der Waals surface area contributed by atoms with Gasteiger partial charge in [-0.1, -0.05) is 6.42 Å². The predicted octanol–water partition coefficient (Wildman–Crippen LogP) is 1.38. The van der Waals surface area contributed by atoms with Crippen LogP contribution in [0, 0.1) is 6.92 Å². The van der Waals surface area contributed by atoms with Gasteiger partial charge in [-0.15, -0.1) is 0 Å². The zero-order valence-electron chi connectivity index (χ0n) is 7.90. The van der Waals surface area contributed by atoms with E-state index in [9.17, 15) is 0 Å². The molecule has 3 heteroatoms. The van der Waals surface area contributed by atoms with E-state index in [1.807, 2.05) is 6.92 Å². The Morgan fingerprint density at radius 3 is 2.85 bits per heavy atom. The fourth-order valence-electron chi connectivity index (χ4n) is 2.03. The average molecular weight is 177 g/mol. The molecule has 1 aromatic heterocycles. The fourth-order valence-corrected chi connectivity index (χ4v) is 2.03. The first-order chi connectivity index (χ1) is 6.27. The van der Waals surface area contributed by atoms with Crippen molar-refractivity contribution in [2.45, 2.75) is 38.1 Å². The van der Waals surface area contributed by atoms with E-state index in [0.717, 1.165) is 17.8 Å². The molecule has 70 valence electrons. The van der Waals surface area contributed by atoms with Gasteiger partial charge in [0.1, 0.15) is 6.33 Å². The van der Waals surface area contributed by atoms with Crippen molar-refractivity contribution in [2.75, 3.05) is 0 Å². The SMILES string of the molecule is Cc1cc(C2CCCC2N)ncn1. The van der Waals surface area contributed by atoms with Crippen LogP contribution in [0.3, 0.4) is 0 Å². The average Bonchev–Trinajstić information content (AvgIpc) is 2.51. The Labute approximate surface area is 78.4 Å². The van der Waals surface area contributed by atoms with Crippen LogP contribution in [0.25, 0.3) is 0 Å². The lowest BCUT2D eigenvalue weighted by molar-refractivity contribution is 0.596. The largest absolute Gasteiger partial charge is 0.327 e. The van der Waals surface area contributed by atoms with E-state index in [2.05, 4.69) is 16.0 Å². The molecular formula is C10H15N3. The van der Waals surface area contributed by atoms with Crippen LogP contribution in [0.1, 0.15) is 36.6 Å². The second-order valence-electron chi connectivity index (χ2n) is 3.79. The first-order valence-corrected chi connectivity index (χ1v) is 4.81. The van der Waals surface area contributed by atoms with Gasteiger partial charge in [-0.05, 0) is 25.8 Å². The Balaban J connectivity index is 2.24. The number of hydrogen-bond donors (Lipinski definition) is 1. The molecule has 3 nitrogen and oxygen atoms in total. The fraction of sp³-hybridized carbons (Fsp3) is 0.600. The lowest BCUT2D eigenvalue weighted by atomic mass is 9.99. The smallest absolute Gasteiger partial charge is 0.115 e. The lowest BCUT2D eigenvalue weighted by Crippen LogP contribution is -2.23. The van der Waals surface area contributed by atoms with Gasteiger partial charge in [0.05, 0.1) is 0 Å². The van der Waals surface area contributed by atoms with Crippen LogP contribution in [-0.4, -0.2) is 16.0 Å². The molecule has 1 heterocycles. The minimum Gasteiger partial charge on any atom is -0.327 e. The van der Waals surface area contributed by atoms with Crippen molar-refractivity contribution in [3.8, 4) is 0 Å². The molecule has 1 aliphatic rings. The maximum absolute atomic E-state index is 6.00. The normalized spacial score (nSPS) is 27.8. The predicted molar refractivity (Wildman–Crippen MR) is 51.3 cm³/mol. The summed E-state index contributed by atoms with van der Waals surface area (Å²) in [5.41, 5.74) is 8.15. The first-order valence-electron chi connectivity index (χ1n) is 4.81. The Morgan fingerprint density at radius 2 is 2.23 bits per heavy atom. The van der Waals surface area contributed by atoms with Gasteiger partial charge in [-0.25, -0.2) is 9.97 Å². The zero-order chi connectivity index (χ0) is 9.26. The maximum Gasteiger partial charge on any atom is 0.115 e. The van der Waals surface area contributed by atoms with Crippen LogP contribution < -0.4 is 5.73 Å². The summed E-state index contributed by atoms with van der Waals surface area (Å²) >= 11 is 0. The molecule has 0 bridgehead atoms. The molecule has 2 rings (SSSR count). The van der Waals surface area contributed by atoms with Gasteiger partial charge in [0, 0.05) is 23.3 Å². The zero-order valence-corrected chi connectivity index (χ0v) is 7.90.